The maximum Gasteiger partial charge on any atom is 0.408 e. The van der Waals surface area contributed by atoms with Crippen LogP contribution in [0, 0.1) is 19.8 Å². The van der Waals surface area contributed by atoms with E-state index in [1.54, 1.807) is 25.7 Å². The van der Waals surface area contributed by atoms with Crippen LogP contribution >= 0.6 is 0 Å². The Balaban J connectivity index is 3.51. The van der Waals surface area contributed by atoms with Crippen LogP contribution in [0.4, 0.5) is 4.79 Å². The van der Waals surface area contributed by atoms with Gasteiger partial charge in [-0.25, -0.2) is 4.79 Å². The number of alkyl carbamates (subject to hydrolysis) is 1. The summed E-state index contributed by atoms with van der Waals surface area (Å²) in [7, 11) is 0. The summed E-state index contributed by atoms with van der Waals surface area (Å²) in [5.41, 5.74) is 2.30. The molecule has 3 amide bonds. The summed E-state index contributed by atoms with van der Waals surface area (Å²) in [6.45, 7) is 18.7. The zero-order valence-corrected chi connectivity index (χ0v) is 26.1. The average Bonchev–Trinajstić information content (AvgIpc) is 2.87. The first-order valence-electron chi connectivity index (χ1n) is 15.0. The largest absolute Gasteiger partial charge is 0.444 e. The third kappa shape index (κ3) is 12.0. The van der Waals surface area contributed by atoms with Crippen LogP contribution in [-0.4, -0.2) is 47.5 Å². The molecular weight excluding hydrogens is 490 g/mol. The van der Waals surface area contributed by atoms with Gasteiger partial charge in [-0.05, 0) is 70.1 Å². The normalized spacial score (nSPS) is 13.8. The molecular formula is C32H55N3O4. The standard InChI is InChI=1S/C32H55N3O4/c1-10-13-15-17-21-35(30(37)27(23(4)12-3)34-31(38)39-32(7,8)9)28(29(36)33-20-16-14-11-2)26-19-18-24(5)25(6)22-26/h18-19,22-23,27-28H,10-17,20-21H2,1-9H3,(H,33,36)(H,34,38). The maximum atomic E-state index is 14.3. The molecule has 0 aromatic heterocycles. The topological polar surface area (TPSA) is 87.7 Å². The lowest BCUT2D eigenvalue weighted by atomic mass is 9.94. The van der Waals surface area contributed by atoms with Gasteiger partial charge >= 0.3 is 6.09 Å². The Hall–Kier alpha value is -2.57. The molecule has 2 N–H and O–H groups in total. The molecule has 1 rings (SSSR count). The zero-order chi connectivity index (χ0) is 29.6. The number of nitrogens with zero attached hydrogens (tertiary/aromatic N) is 1. The first kappa shape index (κ1) is 34.5. The fourth-order valence-electron chi connectivity index (χ4n) is 4.46. The fourth-order valence-corrected chi connectivity index (χ4v) is 4.46. The molecule has 0 saturated heterocycles. The SMILES string of the molecule is CCCCCCN(C(=O)C(NC(=O)OC(C)(C)C)C(C)CC)C(C(=O)NCCCCC)c1ccc(C)c(C)c1. The van der Waals surface area contributed by atoms with E-state index in [1.165, 1.54) is 0 Å². The Morgan fingerprint density at radius 3 is 2.13 bits per heavy atom. The van der Waals surface area contributed by atoms with Crippen molar-refractivity contribution in [3.05, 3.63) is 34.9 Å². The molecule has 1 aromatic carbocycles. The van der Waals surface area contributed by atoms with Crippen molar-refractivity contribution >= 4 is 17.9 Å². The molecule has 0 bridgehead atoms. The first-order chi connectivity index (χ1) is 18.4. The van der Waals surface area contributed by atoms with Crippen molar-refractivity contribution in [3.63, 3.8) is 0 Å². The van der Waals surface area contributed by atoms with Crippen LogP contribution in [0.1, 0.15) is 123 Å². The minimum Gasteiger partial charge on any atom is -0.444 e. The van der Waals surface area contributed by atoms with E-state index in [-0.39, 0.29) is 17.7 Å². The quantitative estimate of drug-likeness (QED) is 0.219. The number of hydrogen-bond acceptors (Lipinski definition) is 4. The Kier molecular flexibility index (Phi) is 15.2. The lowest BCUT2D eigenvalue weighted by Gasteiger charge is -2.36. The lowest BCUT2D eigenvalue weighted by molar-refractivity contribution is -0.143. The first-order valence-corrected chi connectivity index (χ1v) is 15.0. The van der Waals surface area contributed by atoms with E-state index in [9.17, 15) is 14.4 Å². The van der Waals surface area contributed by atoms with Gasteiger partial charge in [0.1, 0.15) is 17.7 Å². The van der Waals surface area contributed by atoms with E-state index >= 15 is 0 Å². The van der Waals surface area contributed by atoms with Crippen LogP contribution in [-0.2, 0) is 14.3 Å². The molecule has 0 heterocycles. The van der Waals surface area contributed by atoms with Crippen LogP contribution < -0.4 is 10.6 Å². The number of ether oxygens (including phenoxy) is 1. The van der Waals surface area contributed by atoms with E-state index < -0.39 is 23.8 Å². The number of aryl methyl sites for hydroxylation is 2. The molecule has 0 fully saturated rings. The van der Waals surface area contributed by atoms with E-state index in [2.05, 4.69) is 24.5 Å². The Morgan fingerprint density at radius 1 is 0.923 bits per heavy atom. The molecule has 0 aliphatic carbocycles. The molecule has 39 heavy (non-hydrogen) atoms. The second-order valence-corrected chi connectivity index (χ2v) is 11.8. The number of nitrogens with one attached hydrogen (secondary N) is 2. The molecule has 0 aliphatic heterocycles. The lowest BCUT2D eigenvalue weighted by Crippen LogP contribution is -2.55. The van der Waals surface area contributed by atoms with Gasteiger partial charge in [0.05, 0.1) is 0 Å². The van der Waals surface area contributed by atoms with Crippen LogP contribution in [0.25, 0.3) is 0 Å². The minimum atomic E-state index is -0.807. The molecule has 0 aliphatic rings. The number of carbonyl (C=O) groups is 3. The van der Waals surface area contributed by atoms with Crippen molar-refractivity contribution in [2.45, 2.75) is 131 Å². The third-order valence-corrected chi connectivity index (χ3v) is 7.17. The van der Waals surface area contributed by atoms with Crippen molar-refractivity contribution in [1.29, 1.82) is 0 Å². The van der Waals surface area contributed by atoms with Crippen molar-refractivity contribution < 1.29 is 19.1 Å². The highest BCUT2D eigenvalue weighted by Gasteiger charge is 2.38. The Bertz CT molecular complexity index is 909. The number of unbranched alkanes of at least 4 members (excludes halogenated alkanes) is 5. The van der Waals surface area contributed by atoms with Gasteiger partial charge < -0.3 is 20.3 Å². The zero-order valence-electron chi connectivity index (χ0n) is 26.1. The van der Waals surface area contributed by atoms with Gasteiger partial charge in [-0.3, -0.25) is 9.59 Å². The van der Waals surface area contributed by atoms with Gasteiger partial charge in [0, 0.05) is 13.1 Å². The summed E-state index contributed by atoms with van der Waals surface area (Å²) in [5, 5.41) is 5.94. The van der Waals surface area contributed by atoms with E-state index in [1.807, 2.05) is 45.9 Å². The Labute approximate surface area is 237 Å². The smallest absolute Gasteiger partial charge is 0.408 e. The van der Waals surface area contributed by atoms with Crippen LogP contribution in [0.5, 0.6) is 0 Å². The summed E-state index contributed by atoms with van der Waals surface area (Å²) in [4.78, 5) is 42.6. The second-order valence-electron chi connectivity index (χ2n) is 11.8. The second kappa shape index (κ2) is 17.2. The fraction of sp³-hybridized carbons (Fsp3) is 0.719. The van der Waals surface area contributed by atoms with Gasteiger partial charge in [0.15, 0.2) is 0 Å². The van der Waals surface area contributed by atoms with Crippen molar-refractivity contribution in [3.8, 4) is 0 Å². The summed E-state index contributed by atoms with van der Waals surface area (Å²) < 4.78 is 5.50. The van der Waals surface area contributed by atoms with Crippen LogP contribution in [0.2, 0.25) is 0 Å². The molecule has 3 atom stereocenters. The Morgan fingerprint density at radius 2 is 1.56 bits per heavy atom. The van der Waals surface area contributed by atoms with Crippen molar-refractivity contribution in [1.82, 2.24) is 15.5 Å². The molecule has 3 unspecified atom stereocenters. The van der Waals surface area contributed by atoms with E-state index in [0.717, 1.165) is 61.6 Å². The molecule has 0 radical (unpaired) electrons. The number of benzene rings is 1. The highest BCUT2D eigenvalue weighted by Crippen LogP contribution is 2.27. The number of carbonyl (C=O) groups excluding carboxylic acids is 3. The van der Waals surface area contributed by atoms with Gasteiger partial charge in [0.25, 0.3) is 0 Å². The van der Waals surface area contributed by atoms with Gasteiger partial charge in [-0.1, -0.05) is 84.4 Å². The molecule has 222 valence electrons. The number of amides is 3. The van der Waals surface area contributed by atoms with Gasteiger partial charge in [-0.2, -0.15) is 0 Å². The van der Waals surface area contributed by atoms with Gasteiger partial charge in [-0.15, -0.1) is 0 Å². The third-order valence-electron chi connectivity index (χ3n) is 7.17. The molecule has 7 heteroatoms. The predicted octanol–water partition coefficient (Wildman–Crippen LogP) is 7.00. The molecule has 1 aromatic rings. The van der Waals surface area contributed by atoms with Crippen molar-refractivity contribution in [2.75, 3.05) is 13.1 Å². The highest BCUT2D eigenvalue weighted by atomic mass is 16.6. The van der Waals surface area contributed by atoms with Crippen LogP contribution in [0.3, 0.4) is 0 Å². The average molecular weight is 546 g/mol. The summed E-state index contributed by atoms with van der Waals surface area (Å²) in [5.74, 6) is -0.576. The molecule has 0 saturated carbocycles. The number of rotatable bonds is 16. The van der Waals surface area contributed by atoms with E-state index in [0.29, 0.717) is 19.5 Å². The summed E-state index contributed by atoms with van der Waals surface area (Å²) >= 11 is 0. The predicted molar refractivity (Wildman–Crippen MR) is 160 cm³/mol. The highest BCUT2D eigenvalue weighted by molar-refractivity contribution is 5.92. The number of hydrogen-bond donors (Lipinski definition) is 2. The monoisotopic (exact) mass is 545 g/mol. The van der Waals surface area contributed by atoms with Crippen molar-refractivity contribution in [2.24, 2.45) is 5.92 Å². The maximum absolute atomic E-state index is 14.3. The summed E-state index contributed by atoms with van der Waals surface area (Å²) in [6, 6.07) is 4.37. The van der Waals surface area contributed by atoms with Gasteiger partial charge in [0.2, 0.25) is 11.8 Å². The van der Waals surface area contributed by atoms with E-state index in [4.69, 9.17) is 4.74 Å². The molecule has 7 nitrogen and oxygen atoms in total. The molecule has 0 spiro atoms. The minimum absolute atomic E-state index is 0.142. The van der Waals surface area contributed by atoms with Crippen LogP contribution in [0.15, 0.2) is 18.2 Å². The summed E-state index contributed by atoms with van der Waals surface area (Å²) in [6.07, 6.45) is 6.92.